The topological polar surface area (TPSA) is 48.6 Å². The summed E-state index contributed by atoms with van der Waals surface area (Å²) in [6.07, 6.45) is 2.90. The van der Waals surface area contributed by atoms with E-state index in [0.29, 0.717) is 6.54 Å². The van der Waals surface area contributed by atoms with Crippen molar-refractivity contribution in [1.29, 1.82) is 0 Å². The Hall–Kier alpha value is -2.01. The van der Waals surface area contributed by atoms with Gasteiger partial charge in [0.1, 0.15) is 5.75 Å². The molecule has 1 aliphatic heterocycles. The molecule has 2 aromatic rings. The summed E-state index contributed by atoms with van der Waals surface area (Å²) < 4.78 is 5.30. The van der Waals surface area contributed by atoms with Crippen LogP contribution in [0.25, 0.3) is 10.9 Å². The van der Waals surface area contributed by atoms with E-state index in [1.165, 1.54) is 10.9 Å². The summed E-state index contributed by atoms with van der Waals surface area (Å²) in [7, 11) is 1.68. The summed E-state index contributed by atoms with van der Waals surface area (Å²) in [6.45, 7) is 6.19. The van der Waals surface area contributed by atoms with Crippen molar-refractivity contribution in [3.05, 3.63) is 30.0 Å². The van der Waals surface area contributed by atoms with Crippen LogP contribution in [0.3, 0.4) is 0 Å². The zero-order chi connectivity index (χ0) is 15.5. The van der Waals surface area contributed by atoms with Crippen LogP contribution < -0.4 is 4.74 Å². The zero-order valence-electron chi connectivity index (χ0n) is 13.3. The molecule has 0 aliphatic carbocycles. The maximum Gasteiger partial charge on any atom is 0.236 e. The Balaban J connectivity index is 1.68. The summed E-state index contributed by atoms with van der Waals surface area (Å²) in [5.41, 5.74) is 2.34. The molecule has 1 aromatic heterocycles. The van der Waals surface area contributed by atoms with Crippen molar-refractivity contribution in [2.45, 2.75) is 13.3 Å². The lowest BCUT2D eigenvalue weighted by Gasteiger charge is -2.33. The SMILES string of the molecule is CCN1CCN(CCc2c[nH]c3ccc(OC)cc23)C(=O)C1. The van der Waals surface area contributed by atoms with Crippen molar-refractivity contribution in [3.63, 3.8) is 0 Å². The molecule has 1 aliphatic rings. The van der Waals surface area contributed by atoms with Gasteiger partial charge in [0.25, 0.3) is 0 Å². The van der Waals surface area contributed by atoms with Crippen molar-refractivity contribution < 1.29 is 9.53 Å². The molecule has 0 radical (unpaired) electrons. The van der Waals surface area contributed by atoms with Crippen LogP contribution in [0.1, 0.15) is 12.5 Å². The van der Waals surface area contributed by atoms with Crippen LogP contribution in [0.5, 0.6) is 5.75 Å². The minimum absolute atomic E-state index is 0.241. The fourth-order valence-corrected chi connectivity index (χ4v) is 3.01. The average molecular weight is 301 g/mol. The molecule has 1 amide bonds. The number of carbonyl (C=O) groups excluding carboxylic acids is 1. The molecule has 1 aromatic carbocycles. The maximum atomic E-state index is 12.1. The molecule has 0 saturated carbocycles. The van der Waals surface area contributed by atoms with E-state index in [-0.39, 0.29) is 5.91 Å². The number of H-pyrrole nitrogens is 1. The van der Waals surface area contributed by atoms with Gasteiger partial charge in [-0.1, -0.05) is 6.92 Å². The van der Waals surface area contributed by atoms with E-state index in [1.807, 2.05) is 23.2 Å². The van der Waals surface area contributed by atoms with E-state index < -0.39 is 0 Å². The van der Waals surface area contributed by atoms with Crippen LogP contribution in [0.2, 0.25) is 0 Å². The van der Waals surface area contributed by atoms with Crippen LogP contribution in [0.15, 0.2) is 24.4 Å². The maximum absolute atomic E-state index is 12.1. The normalized spacial score (nSPS) is 16.5. The van der Waals surface area contributed by atoms with E-state index in [0.717, 1.165) is 43.9 Å². The third-order valence-electron chi connectivity index (χ3n) is 4.47. The van der Waals surface area contributed by atoms with Gasteiger partial charge in [0.05, 0.1) is 13.7 Å². The molecule has 0 atom stereocenters. The van der Waals surface area contributed by atoms with Crippen molar-refractivity contribution in [1.82, 2.24) is 14.8 Å². The largest absolute Gasteiger partial charge is 0.497 e. The number of carbonyl (C=O) groups is 1. The number of nitrogens with zero attached hydrogens (tertiary/aromatic N) is 2. The molecule has 0 unspecified atom stereocenters. The molecular weight excluding hydrogens is 278 g/mol. The molecule has 0 bridgehead atoms. The summed E-state index contributed by atoms with van der Waals surface area (Å²) in [5.74, 6) is 1.10. The lowest BCUT2D eigenvalue weighted by atomic mass is 10.1. The minimum Gasteiger partial charge on any atom is -0.497 e. The zero-order valence-corrected chi connectivity index (χ0v) is 13.3. The smallest absolute Gasteiger partial charge is 0.236 e. The highest BCUT2D eigenvalue weighted by molar-refractivity contribution is 5.85. The fraction of sp³-hybridized carbons (Fsp3) is 0.471. The van der Waals surface area contributed by atoms with E-state index in [1.54, 1.807) is 7.11 Å². The van der Waals surface area contributed by atoms with E-state index >= 15 is 0 Å². The quantitative estimate of drug-likeness (QED) is 0.917. The number of hydrogen-bond acceptors (Lipinski definition) is 3. The van der Waals surface area contributed by atoms with Gasteiger partial charge < -0.3 is 14.6 Å². The summed E-state index contributed by atoms with van der Waals surface area (Å²) in [4.78, 5) is 19.6. The number of likely N-dealkylation sites (N-methyl/N-ethyl adjacent to an activating group) is 1. The summed E-state index contributed by atoms with van der Waals surface area (Å²) in [6, 6.07) is 6.04. The van der Waals surface area contributed by atoms with Gasteiger partial charge in [-0.25, -0.2) is 0 Å². The van der Waals surface area contributed by atoms with Crippen molar-refractivity contribution in [2.75, 3.05) is 39.8 Å². The second kappa shape index (κ2) is 6.40. The second-order valence-electron chi connectivity index (χ2n) is 5.72. The first-order chi connectivity index (χ1) is 10.7. The number of fused-ring (bicyclic) bond motifs is 1. The van der Waals surface area contributed by atoms with Crippen LogP contribution >= 0.6 is 0 Å². The Bertz CT molecular complexity index is 665. The monoisotopic (exact) mass is 301 g/mol. The fourth-order valence-electron chi connectivity index (χ4n) is 3.01. The van der Waals surface area contributed by atoms with E-state index in [2.05, 4.69) is 22.9 Å². The first kappa shape index (κ1) is 14.9. The number of piperazine rings is 1. The van der Waals surface area contributed by atoms with Gasteiger partial charge in [0.15, 0.2) is 0 Å². The number of ether oxygens (including phenoxy) is 1. The second-order valence-corrected chi connectivity index (χ2v) is 5.72. The van der Waals surface area contributed by atoms with E-state index in [4.69, 9.17) is 4.74 Å². The average Bonchev–Trinajstić information content (AvgIpc) is 2.95. The number of hydrogen-bond donors (Lipinski definition) is 1. The molecule has 5 heteroatoms. The van der Waals surface area contributed by atoms with Gasteiger partial charge in [-0.2, -0.15) is 0 Å². The Morgan fingerprint density at radius 2 is 2.18 bits per heavy atom. The highest BCUT2D eigenvalue weighted by Crippen LogP contribution is 2.24. The molecule has 3 rings (SSSR count). The molecule has 2 heterocycles. The molecular formula is C17H23N3O2. The van der Waals surface area contributed by atoms with Crippen LogP contribution in [-0.2, 0) is 11.2 Å². The van der Waals surface area contributed by atoms with Crippen LogP contribution in [-0.4, -0.2) is 60.5 Å². The number of aromatic nitrogens is 1. The van der Waals surface area contributed by atoms with Crippen molar-refractivity contribution >= 4 is 16.8 Å². The van der Waals surface area contributed by atoms with Gasteiger partial charge in [-0.05, 0) is 36.7 Å². The lowest BCUT2D eigenvalue weighted by molar-refractivity contribution is -0.135. The van der Waals surface area contributed by atoms with Crippen molar-refractivity contribution in [3.8, 4) is 5.75 Å². The molecule has 1 N–H and O–H groups in total. The number of amides is 1. The first-order valence-electron chi connectivity index (χ1n) is 7.85. The third-order valence-corrected chi connectivity index (χ3v) is 4.47. The number of aromatic amines is 1. The highest BCUT2D eigenvalue weighted by atomic mass is 16.5. The van der Waals surface area contributed by atoms with Gasteiger partial charge in [0, 0.05) is 36.7 Å². The lowest BCUT2D eigenvalue weighted by Crippen LogP contribution is -2.50. The third kappa shape index (κ3) is 2.95. The Kier molecular flexibility index (Phi) is 4.34. The number of nitrogens with one attached hydrogen (secondary N) is 1. The van der Waals surface area contributed by atoms with Crippen molar-refractivity contribution in [2.24, 2.45) is 0 Å². The predicted molar refractivity (Wildman–Crippen MR) is 87.2 cm³/mol. The van der Waals surface area contributed by atoms with Gasteiger partial charge >= 0.3 is 0 Å². The standard InChI is InChI=1S/C17H23N3O2/c1-3-19-8-9-20(17(21)12-19)7-6-13-11-18-16-5-4-14(22-2)10-15(13)16/h4-5,10-11,18H,3,6-9,12H2,1-2H3. The Morgan fingerprint density at radius 3 is 2.91 bits per heavy atom. The Labute approximate surface area is 130 Å². The van der Waals surface area contributed by atoms with E-state index in [9.17, 15) is 4.79 Å². The minimum atomic E-state index is 0.241. The molecule has 22 heavy (non-hydrogen) atoms. The molecule has 0 spiro atoms. The summed E-state index contributed by atoms with van der Waals surface area (Å²) >= 11 is 0. The first-order valence-corrected chi connectivity index (χ1v) is 7.85. The Morgan fingerprint density at radius 1 is 1.32 bits per heavy atom. The van der Waals surface area contributed by atoms with Crippen LogP contribution in [0, 0.1) is 0 Å². The number of methoxy groups -OCH3 is 1. The number of rotatable bonds is 5. The van der Waals surface area contributed by atoms with Gasteiger partial charge in [-0.15, -0.1) is 0 Å². The van der Waals surface area contributed by atoms with Gasteiger partial charge in [-0.3, -0.25) is 9.69 Å². The predicted octanol–water partition coefficient (Wildman–Crippen LogP) is 1.88. The molecule has 118 valence electrons. The molecule has 1 saturated heterocycles. The molecule has 5 nitrogen and oxygen atoms in total. The molecule has 1 fully saturated rings. The van der Waals surface area contributed by atoms with Crippen LogP contribution in [0.4, 0.5) is 0 Å². The van der Waals surface area contributed by atoms with Gasteiger partial charge in [0.2, 0.25) is 5.91 Å². The number of benzene rings is 1. The summed E-state index contributed by atoms with van der Waals surface area (Å²) in [5, 5.41) is 1.18. The highest BCUT2D eigenvalue weighted by Gasteiger charge is 2.22.